The van der Waals surface area contributed by atoms with Crippen molar-refractivity contribution >= 4 is 44.9 Å². The first-order valence-electron chi connectivity index (χ1n) is 7.64. The molecule has 0 aliphatic heterocycles. The van der Waals surface area contributed by atoms with Crippen LogP contribution in [-0.4, -0.2) is 41.0 Å². The van der Waals surface area contributed by atoms with E-state index in [-0.39, 0.29) is 10.6 Å². The highest BCUT2D eigenvalue weighted by atomic mass is 35.5. The molecule has 144 valence electrons. The number of hydrogen-bond acceptors (Lipinski definition) is 6. The Labute approximate surface area is 161 Å². The topological polar surface area (TPSA) is 119 Å². The van der Waals surface area contributed by atoms with E-state index in [2.05, 4.69) is 5.32 Å². The summed E-state index contributed by atoms with van der Waals surface area (Å²) in [5.41, 5.74) is 1.42. The number of primary sulfonamides is 1. The van der Waals surface area contributed by atoms with Crippen molar-refractivity contribution < 1.29 is 22.7 Å². The third-order valence-electron chi connectivity index (χ3n) is 3.48. The number of ether oxygens (including phenoxy) is 1. The smallest absolute Gasteiger partial charge is 0.338 e. The molecule has 0 unspecified atom stereocenters. The highest BCUT2D eigenvalue weighted by Gasteiger charge is 2.18. The number of nitrogens with two attached hydrogens (primary N) is 1. The van der Waals surface area contributed by atoms with Gasteiger partial charge in [-0.25, -0.2) is 18.4 Å². The van der Waals surface area contributed by atoms with Gasteiger partial charge in [0, 0.05) is 25.5 Å². The fourth-order valence-corrected chi connectivity index (χ4v) is 3.17. The predicted molar refractivity (Wildman–Crippen MR) is 103 cm³/mol. The zero-order valence-corrected chi connectivity index (χ0v) is 16.2. The summed E-state index contributed by atoms with van der Waals surface area (Å²) in [5.74, 6) is -1.42. The molecule has 3 N–H and O–H groups in total. The molecule has 0 heterocycles. The molecule has 10 heteroatoms. The molecule has 8 nitrogen and oxygen atoms in total. The third kappa shape index (κ3) is 5.68. The number of hydrogen-bond donors (Lipinski definition) is 2. The van der Waals surface area contributed by atoms with E-state index < -0.39 is 33.4 Å². The van der Waals surface area contributed by atoms with E-state index in [0.29, 0.717) is 5.69 Å². The Hall–Kier alpha value is -2.62. The molecule has 0 saturated carbocycles. The maximum atomic E-state index is 12.0. The highest BCUT2D eigenvalue weighted by molar-refractivity contribution is 7.89. The molecular formula is C17H18ClN3O5S. The summed E-state index contributed by atoms with van der Waals surface area (Å²) < 4.78 is 27.8. The minimum atomic E-state index is -4.09. The molecule has 0 atom stereocenters. The van der Waals surface area contributed by atoms with E-state index >= 15 is 0 Å². The van der Waals surface area contributed by atoms with Gasteiger partial charge in [-0.2, -0.15) is 0 Å². The summed E-state index contributed by atoms with van der Waals surface area (Å²) in [7, 11) is -0.306. The zero-order valence-electron chi connectivity index (χ0n) is 14.6. The summed E-state index contributed by atoms with van der Waals surface area (Å²) >= 11 is 5.76. The number of nitrogens with zero attached hydrogens (tertiary/aromatic N) is 1. The number of sulfonamides is 1. The molecule has 0 aliphatic rings. The minimum absolute atomic E-state index is 0.0911. The van der Waals surface area contributed by atoms with Crippen molar-refractivity contribution in [2.45, 2.75) is 4.90 Å². The van der Waals surface area contributed by atoms with Crippen LogP contribution in [0.25, 0.3) is 0 Å². The van der Waals surface area contributed by atoms with Crippen LogP contribution in [0.15, 0.2) is 47.4 Å². The number of nitrogens with one attached hydrogen (secondary N) is 1. The number of carbonyl (C=O) groups is 2. The van der Waals surface area contributed by atoms with Crippen LogP contribution in [0.3, 0.4) is 0 Å². The molecule has 27 heavy (non-hydrogen) atoms. The van der Waals surface area contributed by atoms with Crippen molar-refractivity contribution in [1.82, 2.24) is 0 Å². The van der Waals surface area contributed by atoms with Crippen LogP contribution in [0.2, 0.25) is 5.02 Å². The Morgan fingerprint density at radius 2 is 1.78 bits per heavy atom. The molecule has 2 aromatic carbocycles. The fourth-order valence-electron chi connectivity index (χ4n) is 2.10. The van der Waals surface area contributed by atoms with Crippen LogP contribution in [-0.2, 0) is 19.6 Å². The van der Waals surface area contributed by atoms with Gasteiger partial charge >= 0.3 is 5.97 Å². The second kappa shape index (κ2) is 8.38. The lowest BCUT2D eigenvalue weighted by Gasteiger charge is -2.13. The SMILES string of the molecule is CN(C)c1ccc(NC(=O)COC(=O)c2ccc(Cl)c(S(N)(=O)=O)c2)cc1. The molecule has 2 rings (SSSR count). The number of anilines is 2. The van der Waals surface area contributed by atoms with Gasteiger partial charge in [0.1, 0.15) is 4.90 Å². The van der Waals surface area contributed by atoms with Gasteiger partial charge in [0.25, 0.3) is 5.91 Å². The van der Waals surface area contributed by atoms with Crippen molar-refractivity contribution in [3.63, 3.8) is 0 Å². The van der Waals surface area contributed by atoms with Gasteiger partial charge in [-0.1, -0.05) is 11.6 Å². The molecule has 0 spiro atoms. The lowest BCUT2D eigenvalue weighted by Crippen LogP contribution is -2.21. The fraction of sp³-hybridized carbons (Fsp3) is 0.176. The Morgan fingerprint density at radius 3 is 2.33 bits per heavy atom. The highest BCUT2D eigenvalue weighted by Crippen LogP contribution is 2.22. The van der Waals surface area contributed by atoms with Crippen molar-refractivity contribution in [3.05, 3.63) is 53.1 Å². The molecule has 0 radical (unpaired) electrons. The summed E-state index contributed by atoms with van der Waals surface area (Å²) in [6, 6.07) is 10.6. The molecule has 0 bridgehead atoms. The first-order valence-corrected chi connectivity index (χ1v) is 9.57. The Bertz CT molecular complexity index is 959. The second-order valence-electron chi connectivity index (χ2n) is 5.76. The lowest BCUT2D eigenvalue weighted by molar-refractivity contribution is -0.119. The van der Waals surface area contributed by atoms with Gasteiger partial charge in [-0.15, -0.1) is 0 Å². The van der Waals surface area contributed by atoms with E-state index in [1.54, 1.807) is 12.1 Å². The number of amides is 1. The van der Waals surface area contributed by atoms with Crippen LogP contribution in [0.5, 0.6) is 0 Å². The maximum absolute atomic E-state index is 12.0. The maximum Gasteiger partial charge on any atom is 0.338 e. The third-order valence-corrected chi connectivity index (χ3v) is 4.87. The monoisotopic (exact) mass is 411 g/mol. The van der Waals surface area contributed by atoms with Crippen molar-refractivity contribution in [2.24, 2.45) is 5.14 Å². The number of halogens is 1. The van der Waals surface area contributed by atoms with Crippen LogP contribution in [0.4, 0.5) is 11.4 Å². The molecule has 1 amide bonds. The van der Waals surface area contributed by atoms with Crippen molar-refractivity contribution in [1.29, 1.82) is 0 Å². The van der Waals surface area contributed by atoms with Gasteiger partial charge in [-0.05, 0) is 42.5 Å². The van der Waals surface area contributed by atoms with E-state index in [9.17, 15) is 18.0 Å². The number of carbonyl (C=O) groups excluding carboxylic acids is 2. The lowest BCUT2D eigenvalue weighted by atomic mass is 10.2. The van der Waals surface area contributed by atoms with Gasteiger partial charge in [-0.3, -0.25) is 4.79 Å². The number of benzene rings is 2. The molecular weight excluding hydrogens is 394 g/mol. The summed E-state index contributed by atoms with van der Waals surface area (Å²) in [6.45, 7) is -0.540. The van der Waals surface area contributed by atoms with Gasteiger partial charge in [0.2, 0.25) is 10.0 Å². The minimum Gasteiger partial charge on any atom is -0.452 e. The summed E-state index contributed by atoms with van der Waals surface area (Å²) in [4.78, 5) is 25.4. The van der Waals surface area contributed by atoms with Crippen molar-refractivity contribution in [2.75, 3.05) is 30.9 Å². The van der Waals surface area contributed by atoms with Crippen LogP contribution >= 0.6 is 11.6 Å². The van der Waals surface area contributed by atoms with Gasteiger partial charge in [0.05, 0.1) is 10.6 Å². The molecule has 0 aliphatic carbocycles. The Morgan fingerprint density at radius 1 is 1.15 bits per heavy atom. The quantitative estimate of drug-likeness (QED) is 0.700. The van der Waals surface area contributed by atoms with Crippen LogP contribution in [0.1, 0.15) is 10.4 Å². The molecule has 0 saturated heterocycles. The predicted octanol–water partition coefficient (Wildman–Crippen LogP) is 1.85. The molecule has 0 aromatic heterocycles. The normalized spacial score (nSPS) is 11.0. The van der Waals surface area contributed by atoms with E-state index in [1.807, 2.05) is 31.1 Å². The Kier molecular flexibility index (Phi) is 6.42. The summed E-state index contributed by atoms with van der Waals surface area (Å²) in [5, 5.41) is 7.50. The van der Waals surface area contributed by atoms with E-state index in [4.69, 9.17) is 21.5 Å². The second-order valence-corrected chi connectivity index (χ2v) is 7.69. The van der Waals surface area contributed by atoms with E-state index in [0.717, 1.165) is 11.8 Å². The first-order chi connectivity index (χ1) is 12.6. The molecule has 2 aromatic rings. The van der Waals surface area contributed by atoms with Crippen LogP contribution in [0, 0.1) is 0 Å². The van der Waals surface area contributed by atoms with Crippen LogP contribution < -0.4 is 15.4 Å². The average Bonchev–Trinajstić information content (AvgIpc) is 2.59. The number of esters is 1. The largest absolute Gasteiger partial charge is 0.452 e. The van der Waals surface area contributed by atoms with Crippen molar-refractivity contribution in [3.8, 4) is 0 Å². The molecule has 0 fully saturated rings. The van der Waals surface area contributed by atoms with Gasteiger partial charge < -0.3 is 15.0 Å². The van der Waals surface area contributed by atoms with Gasteiger partial charge in [0.15, 0.2) is 6.61 Å². The summed E-state index contributed by atoms with van der Waals surface area (Å²) in [6.07, 6.45) is 0. The number of rotatable bonds is 6. The standard InChI is InChI=1S/C17H18ClN3O5S/c1-21(2)13-6-4-12(5-7-13)20-16(22)10-26-17(23)11-3-8-14(18)15(9-11)27(19,24)25/h3-9H,10H2,1-2H3,(H,20,22)(H2,19,24,25). The first kappa shape index (κ1) is 20.7. The Balaban J connectivity index is 1.98. The zero-order chi connectivity index (χ0) is 20.2. The average molecular weight is 412 g/mol. The van der Waals surface area contributed by atoms with E-state index in [1.165, 1.54) is 12.1 Å².